The van der Waals surface area contributed by atoms with Crippen LogP contribution in [-0.2, 0) is 10.2 Å². The number of carbonyl (C=O) groups is 2. The Morgan fingerprint density at radius 1 is 1.05 bits per heavy atom. The first-order chi connectivity index (χ1) is 18.3. The van der Waals surface area contributed by atoms with Gasteiger partial charge in [-0.3, -0.25) is 0 Å². The van der Waals surface area contributed by atoms with E-state index in [-0.39, 0.29) is 23.2 Å². The summed E-state index contributed by atoms with van der Waals surface area (Å²) in [5.41, 5.74) is 1.16. The minimum atomic E-state index is -5.08. The molecule has 2 aromatic carbocycles. The minimum Gasteiger partial charge on any atom is -0.493 e. The number of hydrogen-bond acceptors (Lipinski definition) is 5. The Balaban J connectivity index is 0.000000532. The second-order valence-corrected chi connectivity index (χ2v) is 9.47. The number of nitrogens with one attached hydrogen (secondary N) is 2. The quantitative estimate of drug-likeness (QED) is 0.450. The molecule has 2 amide bonds. The van der Waals surface area contributed by atoms with Crippen LogP contribution >= 0.6 is 0 Å². The Bertz CT molecular complexity index is 1200. The summed E-state index contributed by atoms with van der Waals surface area (Å²) in [6.45, 7) is 0.971. The average molecular weight is 560 g/mol. The predicted octanol–water partition coefficient (Wildman–Crippen LogP) is 4.93. The molecule has 0 radical (unpaired) electrons. The highest BCUT2D eigenvalue weighted by Gasteiger charge is 2.50. The summed E-state index contributed by atoms with van der Waals surface area (Å²) in [4.78, 5) is 23.7. The van der Waals surface area contributed by atoms with Crippen molar-refractivity contribution in [2.24, 2.45) is 0 Å². The van der Waals surface area contributed by atoms with Crippen LogP contribution in [0.2, 0.25) is 0 Å². The Morgan fingerprint density at radius 2 is 1.72 bits per heavy atom. The van der Waals surface area contributed by atoms with Crippen molar-refractivity contribution in [3.63, 3.8) is 0 Å². The van der Waals surface area contributed by atoms with Crippen molar-refractivity contribution in [3.05, 3.63) is 53.6 Å². The van der Waals surface area contributed by atoms with E-state index in [0.29, 0.717) is 11.5 Å². The maximum absolute atomic E-state index is 13.9. The maximum Gasteiger partial charge on any atom is 0.490 e. The van der Waals surface area contributed by atoms with Gasteiger partial charge in [0, 0.05) is 23.6 Å². The lowest BCUT2D eigenvalue weighted by Crippen LogP contribution is -2.52. The van der Waals surface area contributed by atoms with Gasteiger partial charge in [0.05, 0.1) is 19.9 Å². The number of fused-ring (bicyclic) bond motifs is 1. The summed E-state index contributed by atoms with van der Waals surface area (Å²) in [5, 5.41) is 12.6. The lowest BCUT2D eigenvalue weighted by molar-refractivity contribution is -0.192. The van der Waals surface area contributed by atoms with Crippen LogP contribution in [0, 0.1) is 11.6 Å². The van der Waals surface area contributed by atoms with Crippen LogP contribution in [0.4, 0.5) is 32.4 Å². The molecule has 3 atom stereocenters. The number of benzene rings is 2. The van der Waals surface area contributed by atoms with Crippen LogP contribution in [0.25, 0.3) is 0 Å². The standard InChI is InChI=1S/C24H29F2N3O3.C2HF3O2/c1-29-11-10-24(15-4-7-20(31-2)21(12-15)32-3)9-8-17(14-22(24)29)27-23(30)28-19-6-5-16(25)13-18(19)26;3-2(4,5)1(6)7/h4-7,12-13,17,22H,8-11,14H2,1-3H3,(H2,27,28,30);(H,6,7)/t17-,22+,24+;/m1./s1. The van der Waals surface area contributed by atoms with E-state index >= 15 is 0 Å². The van der Waals surface area contributed by atoms with E-state index in [0.717, 1.165) is 44.4 Å². The number of carboxylic acid groups (broad SMARTS) is 1. The zero-order valence-corrected chi connectivity index (χ0v) is 21.6. The van der Waals surface area contributed by atoms with Gasteiger partial charge in [0.15, 0.2) is 11.5 Å². The molecule has 1 saturated carbocycles. The van der Waals surface area contributed by atoms with E-state index in [1.165, 1.54) is 11.6 Å². The lowest BCUT2D eigenvalue weighted by atomic mass is 9.65. The molecule has 2 aliphatic rings. The smallest absolute Gasteiger partial charge is 0.490 e. The molecule has 3 N–H and O–H groups in total. The van der Waals surface area contributed by atoms with Crippen molar-refractivity contribution in [2.45, 2.75) is 49.4 Å². The molecule has 214 valence electrons. The number of methoxy groups -OCH3 is 2. The Kier molecular flexibility index (Phi) is 9.26. The van der Waals surface area contributed by atoms with E-state index in [2.05, 4.69) is 34.7 Å². The van der Waals surface area contributed by atoms with Gasteiger partial charge in [-0.25, -0.2) is 18.4 Å². The molecule has 0 spiro atoms. The van der Waals surface area contributed by atoms with E-state index in [9.17, 15) is 26.7 Å². The summed E-state index contributed by atoms with van der Waals surface area (Å²) in [6.07, 6.45) is -1.56. The van der Waals surface area contributed by atoms with Crippen molar-refractivity contribution in [1.29, 1.82) is 0 Å². The summed E-state index contributed by atoms with van der Waals surface area (Å²) in [7, 11) is 5.38. The van der Waals surface area contributed by atoms with Crippen LogP contribution in [-0.4, -0.2) is 68.1 Å². The second kappa shape index (κ2) is 12.1. The van der Waals surface area contributed by atoms with Gasteiger partial charge in [-0.2, -0.15) is 13.2 Å². The molecular formula is C26H30F5N3O5. The number of urea groups is 1. The summed E-state index contributed by atoms with van der Waals surface area (Å²) in [5.74, 6) is -2.82. The fourth-order valence-corrected chi connectivity index (χ4v) is 5.33. The molecule has 4 rings (SSSR count). The summed E-state index contributed by atoms with van der Waals surface area (Å²) in [6, 6.07) is 8.95. The normalized spacial score (nSPS) is 22.7. The highest BCUT2D eigenvalue weighted by molar-refractivity contribution is 5.89. The molecule has 13 heteroatoms. The number of hydrogen-bond donors (Lipinski definition) is 3. The Labute approximate surface area is 222 Å². The minimum absolute atomic E-state index is 0.0218. The first-order valence-electron chi connectivity index (χ1n) is 12.1. The van der Waals surface area contributed by atoms with Crippen molar-refractivity contribution >= 4 is 17.7 Å². The van der Waals surface area contributed by atoms with Gasteiger partial charge in [0.2, 0.25) is 0 Å². The topological polar surface area (TPSA) is 100 Å². The monoisotopic (exact) mass is 559 g/mol. The Hall–Kier alpha value is -3.61. The number of ether oxygens (including phenoxy) is 2. The molecule has 2 fully saturated rings. The number of nitrogens with zero attached hydrogens (tertiary/aromatic N) is 1. The van der Waals surface area contributed by atoms with Gasteiger partial charge < -0.3 is 30.1 Å². The fraction of sp³-hybridized carbons (Fsp3) is 0.462. The molecule has 39 heavy (non-hydrogen) atoms. The third-order valence-electron chi connectivity index (χ3n) is 7.24. The zero-order valence-electron chi connectivity index (χ0n) is 21.6. The average Bonchev–Trinajstić information content (AvgIpc) is 3.22. The van der Waals surface area contributed by atoms with Crippen molar-refractivity contribution in [3.8, 4) is 11.5 Å². The van der Waals surface area contributed by atoms with Gasteiger partial charge in [-0.15, -0.1) is 0 Å². The highest BCUT2D eigenvalue weighted by Crippen LogP contribution is 2.49. The summed E-state index contributed by atoms with van der Waals surface area (Å²) >= 11 is 0. The molecule has 0 unspecified atom stereocenters. The largest absolute Gasteiger partial charge is 0.493 e. The molecule has 1 heterocycles. The predicted molar refractivity (Wildman–Crippen MR) is 132 cm³/mol. The van der Waals surface area contributed by atoms with Gasteiger partial charge in [-0.05, 0) is 69.1 Å². The SMILES string of the molecule is COc1ccc([C@@]23CC[C@@H](NC(=O)Nc4ccc(F)cc4F)C[C@@H]2N(C)CC3)cc1OC.O=C(O)C(F)(F)F. The molecule has 2 aromatic rings. The molecule has 1 aliphatic heterocycles. The lowest BCUT2D eigenvalue weighted by Gasteiger charge is -2.45. The molecule has 1 aliphatic carbocycles. The number of carboxylic acids is 1. The van der Waals surface area contributed by atoms with Crippen LogP contribution in [0.1, 0.15) is 31.2 Å². The number of likely N-dealkylation sites (tertiary alicyclic amines) is 1. The number of aliphatic carboxylic acids is 1. The highest BCUT2D eigenvalue weighted by atomic mass is 19.4. The van der Waals surface area contributed by atoms with Gasteiger partial charge in [0.25, 0.3) is 0 Å². The number of anilines is 1. The molecule has 0 aromatic heterocycles. The van der Waals surface area contributed by atoms with Crippen LogP contribution < -0.4 is 20.1 Å². The number of carbonyl (C=O) groups excluding carboxylic acids is 1. The first kappa shape index (κ1) is 29.9. The third kappa shape index (κ3) is 6.88. The van der Waals surface area contributed by atoms with Gasteiger partial charge in [-0.1, -0.05) is 6.07 Å². The summed E-state index contributed by atoms with van der Waals surface area (Å²) < 4.78 is 69.6. The van der Waals surface area contributed by atoms with Gasteiger partial charge in [0.1, 0.15) is 11.6 Å². The van der Waals surface area contributed by atoms with E-state index in [1.807, 2.05) is 6.07 Å². The van der Waals surface area contributed by atoms with Crippen LogP contribution in [0.5, 0.6) is 11.5 Å². The zero-order chi connectivity index (χ0) is 29.0. The van der Waals surface area contributed by atoms with Crippen molar-refractivity contribution in [1.82, 2.24) is 10.2 Å². The van der Waals surface area contributed by atoms with Crippen LogP contribution in [0.15, 0.2) is 36.4 Å². The number of alkyl halides is 3. The van der Waals surface area contributed by atoms with E-state index in [4.69, 9.17) is 19.4 Å². The van der Waals surface area contributed by atoms with E-state index < -0.39 is 29.8 Å². The Morgan fingerprint density at radius 3 is 2.31 bits per heavy atom. The molecule has 8 nitrogen and oxygen atoms in total. The first-order valence-corrected chi connectivity index (χ1v) is 12.1. The maximum atomic E-state index is 13.9. The number of rotatable bonds is 5. The third-order valence-corrected chi connectivity index (χ3v) is 7.24. The van der Waals surface area contributed by atoms with Crippen molar-refractivity contribution < 1.29 is 46.1 Å². The molecule has 1 saturated heterocycles. The van der Waals surface area contributed by atoms with Crippen LogP contribution in [0.3, 0.4) is 0 Å². The van der Waals surface area contributed by atoms with Gasteiger partial charge >= 0.3 is 18.2 Å². The molecule has 0 bridgehead atoms. The number of halogens is 5. The van der Waals surface area contributed by atoms with E-state index in [1.54, 1.807) is 14.2 Å². The van der Waals surface area contributed by atoms with Crippen molar-refractivity contribution in [2.75, 3.05) is 33.1 Å². The fourth-order valence-electron chi connectivity index (χ4n) is 5.33. The molecular weight excluding hydrogens is 529 g/mol. The number of amides is 2. The second-order valence-electron chi connectivity index (χ2n) is 9.47. The number of likely N-dealkylation sites (N-methyl/N-ethyl adjacent to an activating group) is 1.